The number of furan rings is 2. The maximum absolute atomic E-state index is 7.26. The minimum atomic E-state index is -0.222. The maximum atomic E-state index is 7.26. The number of hydrogen-bond donors (Lipinski definition) is 0. The second-order valence-corrected chi connectivity index (χ2v) is 27.4. The number of benzene rings is 12. The van der Waals surface area contributed by atoms with Crippen LogP contribution in [0.25, 0.3) is 54.6 Å². The van der Waals surface area contributed by atoms with E-state index in [2.05, 4.69) is 331 Å². The molecule has 0 spiro atoms. The molecule has 432 valence electrons. The van der Waals surface area contributed by atoms with Gasteiger partial charge in [-0.1, -0.05) is 202 Å². The molecule has 0 radical (unpaired) electrons. The molecule has 2 aromatic heterocycles. The molecule has 2 aliphatic rings. The molecule has 89 heavy (non-hydrogen) atoms. The molecule has 0 saturated heterocycles. The van der Waals surface area contributed by atoms with Crippen molar-refractivity contribution < 1.29 is 8.83 Å². The normalized spacial score (nSPS) is 13.2. The summed E-state index contributed by atoms with van der Waals surface area (Å²) in [6.45, 7) is 20.4. The van der Waals surface area contributed by atoms with Gasteiger partial charge in [0.25, 0.3) is 6.71 Å². The van der Waals surface area contributed by atoms with Gasteiger partial charge in [-0.25, -0.2) is 0 Å². The minimum Gasteiger partial charge on any atom is -0.456 e. The van der Waals surface area contributed by atoms with E-state index >= 15 is 0 Å². The van der Waals surface area contributed by atoms with Crippen molar-refractivity contribution in [2.24, 2.45) is 0 Å². The Morgan fingerprint density at radius 3 is 1.44 bits per heavy atom. The molecular weight excluding hydrogens is 1080 g/mol. The van der Waals surface area contributed by atoms with Gasteiger partial charge in [0, 0.05) is 78.4 Å². The first-order valence-electron chi connectivity index (χ1n) is 31.3. The van der Waals surface area contributed by atoms with Crippen LogP contribution in [0.5, 0.6) is 0 Å². The Balaban J connectivity index is 1.02. The van der Waals surface area contributed by atoms with Crippen LogP contribution in [-0.4, -0.2) is 6.71 Å². The van der Waals surface area contributed by atoms with Crippen molar-refractivity contribution in [2.75, 3.05) is 19.6 Å². The average Bonchev–Trinajstić information content (AvgIpc) is 1.40. The van der Waals surface area contributed by atoms with Crippen molar-refractivity contribution in [3.05, 3.63) is 271 Å². The van der Waals surface area contributed by atoms with Crippen molar-refractivity contribution >= 4 is 146 Å². The fraction of sp³-hybridized carbons (Fsp3) is 0.146. The summed E-state index contributed by atoms with van der Waals surface area (Å²) < 4.78 is 13.7. The zero-order valence-corrected chi connectivity index (χ0v) is 51.9. The minimum absolute atomic E-state index is 0.0297. The van der Waals surface area contributed by atoms with Crippen molar-refractivity contribution in [1.82, 2.24) is 0 Å². The lowest BCUT2D eigenvalue weighted by molar-refractivity contribution is 0.590. The molecule has 0 aliphatic carbocycles. The Morgan fingerprint density at radius 1 is 0.315 bits per heavy atom. The van der Waals surface area contributed by atoms with Crippen LogP contribution in [0.2, 0.25) is 0 Å². The van der Waals surface area contributed by atoms with Gasteiger partial charge in [0.1, 0.15) is 16.7 Å². The maximum Gasteiger partial charge on any atom is 0.252 e. The van der Waals surface area contributed by atoms with Gasteiger partial charge >= 0.3 is 0 Å². The topological polar surface area (TPSA) is 39.2 Å². The number of nitrogens with zero attached hydrogens (tertiary/aromatic N) is 4. The summed E-state index contributed by atoms with van der Waals surface area (Å²) in [5, 5.41) is 6.71. The summed E-state index contributed by atoms with van der Waals surface area (Å²) in [5.74, 6) is 0. The lowest BCUT2D eigenvalue weighted by Crippen LogP contribution is -2.61. The predicted octanol–water partition coefficient (Wildman–Crippen LogP) is 21.6. The largest absolute Gasteiger partial charge is 0.456 e. The molecule has 0 amide bonds. The van der Waals surface area contributed by atoms with Gasteiger partial charge in [0.2, 0.25) is 0 Å². The molecule has 0 fully saturated rings. The third-order valence-corrected chi connectivity index (χ3v) is 18.7. The quantitative estimate of drug-likeness (QED) is 0.141. The number of fused-ring (bicyclic) bond motifs is 12. The fourth-order valence-corrected chi connectivity index (χ4v) is 14.0. The summed E-state index contributed by atoms with van der Waals surface area (Å²) in [6, 6.07) is 94.5. The van der Waals surface area contributed by atoms with Gasteiger partial charge in [-0.3, -0.25) is 0 Å². The van der Waals surface area contributed by atoms with Crippen molar-refractivity contribution in [2.45, 2.75) is 78.6 Å². The van der Waals surface area contributed by atoms with E-state index in [1.54, 1.807) is 0 Å². The second-order valence-electron chi connectivity index (χ2n) is 27.4. The van der Waals surface area contributed by atoms with Gasteiger partial charge in [-0.2, -0.15) is 0 Å². The van der Waals surface area contributed by atoms with Crippen molar-refractivity contribution in [3.8, 4) is 0 Å². The zero-order valence-electron chi connectivity index (χ0n) is 51.9. The van der Waals surface area contributed by atoms with Gasteiger partial charge in [0.15, 0.2) is 5.58 Å². The third kappa shape index (κ3) is 9.00. The van der Waals surface area contributed by atoms with Gasteiger partial charge in [0.05, 0.1) is 11.4 Å². The SMILES string of the molecule is CC(C)(C)c1ccc(N(c2ccc3c(c2)N(c2ccc(C(C)(C)C)cc2)c2cc(N(c4ccccc4)c4ccc5ccccc5c4)cc4c2B3c2ccc3c(oc5ccccc53)c2N4c2ccc(C(C)(C)C)cc2)c2ccc3oc4ccccc4c3c2)cc1. The summed E-state index contributed by atoms with van der Waals surface area (Å²) in [5.41, 5.74) is 23.4. The van der Waals surface area contributed by atoms with Crippen molar-refractivity contribution in [1.29, 1.82) is 0 Å². The lowest BCUT2D eigenvalue weighted by Gasteiger charge is -2.45. The van der Waals surface area contributed by atoms with Crippen LogP contribution >= 0.6 is 0 Å². The first-order valence-corrected chi connectivity index (χ1v) is 31.3. The molecule has 4 heterocycles. The fourth-order valence-electron chi connectivity index (χ4n) is 14.0. The van der Waals surface area contributed by atoms with Gasteiger partial charge in [-0.15, -0.1) is 0 Å². The molecule has 0 N–H and O–H groups in total. The van der Waals surface area contributed by atoms with Crippen LogP contribution in [0.1, 0.15) is 79.0 Å². The second kappa shape index (κ2) is 20.2. The summed E-state index contributed by atoms with van der Waals surface area (Å²) in [7, 11) is 0. The Kier molecular flexibility index (Phi) is 12.3. The molecule has 7 heteroatoms. The summed E-state index contributed by atoms with van der Waals surface area (Å²) in [4.78, 5) is 9.96. The molecule has 0 unspecified atom stereocenters. The highest BCUT2D eigenvalue weighted by Gasteiger charge is 2.46. The lowest BCUT2D eigenvalue weighted by atomic mass is 9.33. The van der Waals surface area contributed by atoms with E-state index in [4.69, 9.17) is 8.83 Å². The van der Waals surface area contributed by atoms with E-state index in [1.807, 2.05) is 6.07 Å². The first kappa shape index (κ1) is 54.2. The van der Waals surface area contributed by atoms with Gasteiger partial charge in [-0.05, 0) is 175 Å². The Bertz CT molecular complexity index is 5100. The van der Waals surface area contributed by atoms with E-state index < -0.39 is 0 Å². The summed E-state index contributed by atoms with van der Waals surface area (Å²) in [6.07, 6.45) is 0. The highest BCUT2D eigenvalue weighted by atomic mass is 16.3. The molecule has 12 aromatic carbocycles. The third-order valence-electron chi connectivity index (χ3n) is 18.7. The van der Waals surface area contributed by atoms with Crippen LogP contribution in [-0.2, 0) is 16.2 Å². The zero-order chi connectivity index (χ0) is 60.7. The Hall–Kier alpha value is -10.2. The number of hydrogen-bond acceptors (Lipinski definition) is 6. The van der Waals surface area contributed by atoms with E-state index in [-0.39, 0.29) is 23.0 Å². The molecule has 6 nitrogen and oxygen atoms in total. The van der Waals surface area contributed by atoms with Crippen LogP contribution in [0, 0.1) is 0 Å². The molecule has 16 rings (SSSR count). The van der Waals surface area contributed by atoms with E-state index in [0.717, 1.165) is 112 Å². The molecule has 14 aromatic rings. The van der Waals surface area contributed by atoms with Crippen LogP contribution in [0.3, 0.4) is 0 Å². The van der Waals surface area contributed by atoms with E-state index in [9.17, 15) is 0 Å². The Labute approximate surface area is 521 Å². The number of rotatable bonds is 8. The smallest absolute Gasteiger partial charge is 0.252 e. The molecule has 0 atom stereocenters. The van der Waals surface area contributed by atoms with Gasteiger partial charge < -0.3 is 28.4 Å². The first-order chi connectivity index (χ1) is 43.0. The number of anilines is 12. The monoisotopic (exact) mass is 1150 g/mol. The molecule has 2 aliphatic heterocycles. The van der Waals surface area contributed by atoms with Crippen molar-refractivity contribution in [3.63, 3.8) is 0 Å². The van der Waals surface area contributed by atoms with Crippen LogP contribution in [0.4, 0.5) is 68.2 Å². The molecule has 0 saturated carbocycles. The van der Waals surface area contributed by atoms with E-state index in [1.165, 1.54) is 43.9 Å². The highest BCUT2D eigenvalue weighted by Crippen LogP contribution is 2.52. The number of para-hydroxylation sites is 3. The molecule has 0 bridgehead atoms. The molecular formula is C82H69BN4O2. The highest BCUT2D eigenvalue weighted by molar-refractivity contribution is 7.00. The van der Waals surface area contributed by atoms with E-state index in [0.29, 0.717) is 0 Å². The summed E-state index contributed by atoms with van der Waals surface area (Å²) >= 11 is 0. The predicted molar refractivity (Wildman–Crippen MR) is 378 cm³/mol. The van der Waals surface area contributed by atoms with Crippen LogP contribution in [0.15, 0.2) is 264 Å². The van der Waals surface area contributed by atoms with Crippen LogP contribution < -0.4 is 36.0 Å². The standard InChI is InChI=1S/C82H69BN4O2/c1-80(2,3)54-28-35-58(36-29-54)84(62-42-46-76-68(48-62)66-24-16-17-25-74(66)88-76)63-41-44-69-71(49-63)86(59-37-30-55(31-38-59)81(4,5)6)72-50-64(85(57-21-11-10-12-22-57)61-34-27-52-19-13-14-20-53(52)47-61)51-73-77(72)83(69)70-45-43-67-65-23-15-18-26-75(65)89-79(67)78(70)87(73)60-39-32-56(33-40-60)82(7,8)9/h10-51H,1-9H3. The average molecular weight is 1150 g/mol. The Morgan fingerprint density at radius 2 is 0.775 bits per heavy atom.